The molecule has 0 radical (unpaired) electrons. The van der Waals surface area contributed by atoms with Crippen LogP contribution in [-0.2, 0) is 14.3 Å². The quantitative estimate of drug-likeness (QED) is 0.732. The number of esters is 1. The monoisotopic (exact) mass is 309 g/mol. The van der Waals surface area contributed by atoms with E-state index in [1.165, 1.54) is 0 Å². The zero-order valence-electron chi connectivity index (χ0n) is 15.2. The van der Waals surface area contributed by atoms with Crippen molar-refractivity contribution < 1.29 is 14.3 Å². The average molecular weight is 309 g/mol. The van der Waals surface area contributed by atoms with Crippen molar-refractivity contribution in [1.29, 1.82) is 0 Å². The fourth-order valence-electron chi connectivity index (χ4n) is 4.10. The van der Waals surface area contributed by atoms with E-state index in [2.05, 4.69) is 27.7 Å². The molecule has 1 saturated carbocycles. The van der Waals surface area contributed by atoms with Gasteiger partial charge in [0.25, 0.3) is 5.91 Å². The van der Waals surface area contributed by atoms with Crippen LogP contribution in [0, 0.1) is 22.7 Å². The third-order valence-corrected chi connectivity index (χ3v) is 5.89. The van der Waals surface area contributed by atoms with Gasteiger partial charge in [-0.05, 0) is 31.6 Å². The first-order chi connectivity index (χ1) is 9.98. The van der Waals surface area contributed by atoms with Crippen LogP contribution in [0.15, 0.2) is 0 Å². The molecule has 4 heteroatoms. The number of carbonyl (C=O) groups is 2. The largest absolute Gasteiger partial charge is 0.448 e. The summed E-state index contributed by atoms with van der Waals surface area (Å²) < 4.78 is 5.74. The molecule has 0 aromatic heterocycles. The molecule has 4 nitrogen and oxygen atoms in total. The Balaban J connectivity index is 2.36. The molecule has 0 N–H and O–H groups in total. The molecule has 1 heterocycles. The standard InChI is InChI=1S/C18H31NO3/c1-12(2)10-19(11-13(3)4)14(20)18-9-8-17(7,15(21)22-18)16(18,5)6/h12-13H,8-11H2,1-7H3/t17-,18+/m0/s1. The van der Waals surface area contributed by atoms with E-state index in [4.69, 9.17) is 4.74 Å². The molecular formula is C18H31NO3. The Morgan fingerprint density at radius 1 is 1.09 bits per heavy atom. The highest BCUT2D eigenvalue weighted by Crippen LogP contribution is 2.65. The van der Waals surface area contributed by atoms with E-state index in [1.54, 1.807) is 0 Å². The summed E-state index contributed by atoms with van der Waals surface area (Å²) in [5, 5.41) is 0. The molecule has 2 rings (SSSR count). The summed E-state index contributed by atoms with van der Waals surface area (Å²) in [6.07, 6.45) is 1.38. The van der Waals surface area contributed by atoms with Gasteiger partial charge in [-0.3, -0.25) is 9.59 Å². The van der Waals surface area contributed by atoms with Crippen LogP contribution in [0.3, 0.4) is 0 Å². The van der Waals surface area contributed by atoms with E-state index in [9.17, 15) is 9.59 Å². The van der Waals surface area contributed by atoms with Crippen molar-refractivity contribution in [2.24, 2.45) is 22.7 Å². The maximum absolute atomic E-state index is 13.3. The van der Waals surface area contributed by atoms with Gasteiger partial charge in [0, 0.05) is 18.5 Å². The molecule has 0 aromatic rings. The SMILES string of the molecule is CC(C)CN(CC(C)C)C(=O)[C@@]12CC[C@@](C)(C(=O)O1)C2(C)C. The van der Waals surface area contributed by atoms with Gasteiger partial charge in [0.1, 0.15) is 0 Å². The normalized spacial score (nSPS) is 32.7. The number of nitrogens with zero attached hydrogens (tertiary/aromatic N) is 1. The summed E-state index contributed by atoms with van der Waals surface area (Å²) in [6.45, 7) is 15.9. The number of rotatable bonds is 5. The van der Waals surface area contributed by atoms with E-state index in [0.717, 1.165) is 6.42 Å². The summed E-state index contributed by atoms with van der Waals surface area (Å²) in [5.74, 6) is 0.597. The Bertz CT molecular complexity index is 473. The highest BCUT2D eigenvalue weighted by molar-refractivity contribution is 5.96. The van der Waals surface area contributed by atoms with Gasteiger partial charge in [0.15, 0.2) is 5.60 Å². The second kappa shape index (κ2) is 5.24. The lowest BCUT2D eigenvalue weighted by atomic mass is 9.66. The van der Waals surface area contributed by atoms with Gasteiger partial charge in [-0.25, -0.2) is 0 Å². The Hall–Kier alpha value is -1.06. The Morgan fingerprint density at radius 3 is 1.91 bits per heavy atom. The molecule has 0 spiro atoms. The van der Waals surface area contributed by atoms with E-state index in [0.29, 0.717) is 31.3 Å². The van der Waals surface area contributed by atoms with Crippen molar-refractivity contribution >= 4 is 11.9 Å². The highest BCUT2D eigenvalue weighted by Gasteiger charge is 2.76. The topological polar surface area (TPSA) is 46.6 Å². The molecule has 2 bridgehead atoms. The van der Waals surface area contributed by atoms with Crippen LogP contribution in [0.1, 0.15) is 61.3 Å². The lowest BCUT2D eigenvalue weighted by molar-refractivity contribution is -0.174. The van der Waals surface area contributed by atoms with Gasteiger partial charge in [-0.1, -0.05) is 41.5 Å². The molecule has 0 unspecified atom stereocenters. The lowest BCUT2D eigenvalue weighted by Gasteiger charge is -2.40. The first-order valence-electron chi connectivity index (χ1n) is 8.51. The smallest absolute Gasteiger partial charge is 0.313 e. The maximum Gasteiger partial charge on any atom is 0.313 e. The van der Waals surface area contributed by atoms with Gasteiger partial charge >= 0.3 is 5.97 Å². The fraction of sp³-hybridized carbons (Fsp3) is 0.889. The van der Waals surface area contributed by atoms with Crippen LogP contribution in [0.5, 0.6) is 0 Å². The first kappa shape index (κ1) is 17.3. The molecule has 22 heavy (non-hydrogen) atoms. The van der Waals surface area contributed by atoms with Crippen LogP contribution in [0.2, 0.25) is 0 Å². The van der Waals surface area contributed by atoms with Crippen LogP contribution < -0.4 is 0 Å². The molecule has 1 aliphatic heterocycles. The van der Waals surface area contributed by atoms with Crippen molar-refractivity contribution in [3.05, 3.63) is 0 Å². The molecule has 126 valence electrons. The van der Waals surface area contributed by atoms with E-state index >= 15 is 0 Å². The molecule has 2 aliphatic rings. The molecular weight excluding hydrogens is 278 g/mol. The van der Waals surface area contributed by atoms with Crippen molar-refractivity contribution in [1.82, 2.24) is 4.90 Å². The van der Waals surface area contributed by atoms with Gasteiger partial charge in [-0.15, -0.1) is 0 Å². The maximum atomic E-state index is 13.3. The second-order valence-electron chi connectivity index (χ2n) is 8.67. The first-order valence-corrected chi connectivity index (χ1v) is 8.51. The predicted molar refractivity (Wildman–Crippen MR) is 86.2 cm³/mol. The second-order valence-corrected chi connectivity index (χ2v) is 8.67. The Labute approximate surface area is 134 Å². The average Bonchev–Trinajstić information content (AvgIpc) is 2.66. The van der Waals surface area contributed by atoms with Crippen molar-refractivity contribution in [2.75, 3.05) is 13.1 Å². The fourth-order valence-corrected chi connectivity index (χ4v) is 4.10. The molecule has 1 saturated heterocycles. The summed E-state index contributed by atoms with van der Waals surface area (Å²) in [4.78, 5) is 27.6. The lowest BCUT2D eigenvalue weighted by Crippen LogP contribution is -2.56. The van der Waals surface area contributed by atoms with Crippen molar-refractivity contribution in [2.45, 2.75) is 66.9 Å². The predicted octanol–water partition coefficient (Wildman–Crippen LogP) is 3.25. The molecule has 2 atom stereocenters. The van der Waals surface area contributed by atoms with E-state index in [-0.39, 0.29) is 11.9 Å². The third kappa shape index (κ3) is 2.17. The number of hydrogen-bond donors (Lipinski definition) is 0. The van der Waals surface area contributed by atoms with Gasteiger partial charge in [0.05, 0.1) is 5.41 Å². The van der Waals surface area contributed by atoms with Crippen molar-refractivity contribution in [3.63, 3.8) is 0 Å². The van der Waals surface area contributed by atoms with Gasteiger partial charge in [0.2, 0.25) is 0 Å². The van der Waals surface area contributed by atoms with E-state index < -0.39 is 16.4 Å². The van der Waals surface area contributed by atoms with Crippen molar-refractivity contribution in [3.8, 4) is 0 Å². The number of carbonyl (C=O) groups excluding carboxylic acids is 2. The van der Waals surface area contributed by atoms with Crippen LogP contribution in [0.4, 0.5) is 0 Å². The Morgan fingerprint density at radius 2 is 1.59 bits per heavy atom. The van der Waals surface area contributed by atoms with Crippen LogP contribution in [0.25, 0.3) is 0 Å². The summed E-state index contributed by atoms with van der Waals surface area (Å²) in [6, 6.07) is 0. The zero-order chi connectivity index (χ0) is 16.9. The zero-order valence-corrected chi connectivity index (χ0v) is 15.2. The van der Waals surface area contributed by atoms with Crippen LogP contribution >= 0.6 is 0 Å². The molecule has 1 amide bonds. The highest BCUT2D eigenvalue weighted by atomic mass is 16.6. The van der Waals surface area contributed by atoms with Crippen LogP contribution in [-0.4, -0.2) is 35.5 Å². The summed E-state index contributed by atoms with van der Waals surface area (Å²) in [5.41, 5.74) is -1.97. The summed E-state index contributed by atoms with van der Waals surface area (Å²) >= 11 is 0. The summed E-state index contributed by atoms with van der Waals surface area (Å²) in [7, 11) is 0. The van der Waals surface area contributed by atoms with Gasteiger partial charge in [-0.2, -0.15) is 0 Å². The minimum absolute atomic E-state index is 0.00877. The number of amides is 1. The molecule has 1 aliphatic carbocycles. The molecule has 0 aromatic carbocycles. The van der Waals surface area contributed by atoms with E-state index in [1.807, 2.05) is 25.7 Å². The number of ether oxygens (including phenoxy) is 1. The third-order valence-electron chi connectivity index (χ3n) is 5.89. The molecule has 2 fully saturated rings. The Kier molecular flexibility index (Phi) is 4.12. The number of hydrogen-bond acceptors (Lipinski definition) is 3. The number of fused-ring (bicyclic) bond motifs is 2. The minimum atomic E-state index is -0.970. The minimum Gasteiger partial charge on any atom is -0.448 e. The van der Waals surface area contributed by atoms with Gasteiger partial charge < -0.3 is 9.64 Å².